The van der Waals surface area contributed by atoms with E-state index in [1.54, 1.807) is 12.1 Å². The van der Waals surface area contributed by atoms with E-state index in [0.717, 1.165) is 23.7 Å². The molecule has 114 valence electrons. The molecule has 0 aliphatic heterocycles. The summed E-state index contributed by atoms with van der Waals surface area (Å²) in [6, 6.07) is 5.39. The van der Waals surface area contributed by atoms with Crippen molar-refractivity contribution < 1.29 is 9.26 Å². The van der Waals surface area contributed by atoms with Crippen LogP contribution in [0, 0.1) is 0 Å². The van der Waals surface area contributed by atoms with Gasteiger partial charge in [-0.25, -0.2) is 0 Å². The average Bonchev–Trinajstić information content (AvgIpc) is 2.84. The van der Waals surface area contributed by atoms with Crippen LogP contribution in [0.5, 0.6) is 5.75 Å². The van der Waals surface area contributed by atoms with Crippen molar-refractivity contribution in [2.45, 2.75) is 31.4 Å². The first-order valence-electron chi connectivity index (χ1n) is 6.27. The van der Waals surface area contributed by atoms with Crippen molar-refractivity contribution in [3.05, 3.63) is 39.4 Å². The highest BCUT2D eigenvalue weighted by Gasteiger charge is 2.38. The standard InChI is InChI=1S/C13H13BrClN3O2.ClH/c14-8-2-3-10(9(15)6-8)19-7-11-17-12(18-20-11)13(16)4-1-5-13;/h2-3,6H,1,4-5,7,16H2;1H. The van der Waals surface area contributed by atoms with E-state index in [4.69, 9.17) is 26.6 Å². The summed E-state index contributed by atoms with van der Waals surface area (Å²) in [5.74, 6) is 1.53. The number of nitrogens with two attached hydrogens (primary N) is 1. The van der Waals surface area contributed by atoms with Crippen LogP contribution in [0.1, 0.15) is 31.0 Å². The number of rotatable bonds is 4. The molecule has 5 nitrogen and oxygen atoms in total. The second-order valence-electron chi connectivity index (χ2n) is 4.88. The van der Waals surface area contributed by atoms with Gasteiger partial charge in [0.15, 0.2) is 12.4 Å². The SMILES string of the molecule is Cl.NC1(c2noc(COc3ccc(Br)cc3Cl)n2)CCC1. The van der Waals surface area contributed by atoms with E-state index in [9.17, 15) is 0 Å². The fourth-order valence-electron chi connectivity index (χ4n) is 2.03. The molecule has 0 bridgehead atoms. The first kappa shape index (κ1) is 16.5. The zero-order valence-electron chi connectivity index (χ0n) is 11.0. The number of nitrogens with zero attached hydrogens (tertiary/aromatic N) is 2. The van der Waals surface area contributed by atoms with Gasteiger partial charge in [-0.2, -0.15) is 4.98 Å². The van der Waals surface area contributed by atoms with Crippen LogP contribution < -0.4 is 10.5 Å². The van der Waals surface area contributed by atoms with Crippen molar-refractivity contribution in [2.75, 3.05) is 0 Å². The molecule has 1 aliphatic carbocycles. The van der Waals surface area contributed by atoms with E-state index < -0.39 is 5.54 Å². The summed E-state index contributed by atoms with van der Waals surface area (Å²) < 4.78 is 11.6. The van der Waals surface area contributed by atoms with Gasteiger partial charge in [0.25, 0.3) is 5.89 Å². The minimum Gasteiger partial charge on any atom is -0.482 e. The third-order valence-corrected chi connectivity index (χ3v) is 4.19. The van der Waals surface area contributed by atoms with Crippen molar-refractivity contribution in [3.63, 3.8) is 0 Å². The second kappa shape index (κ2) is 6.52. The van der Waals surface area contributed by atoms with Gasteiger partial charge in [0, 0.05) is 4.47 Å². The Hall–Kier alpha value is -0.820. The summed E-state index contributed by atoms with van der Waals surface area (Å²) >= 11 is 9.40. The van der Waals surface area contributed by atoms with Crippen LogP contribution in [0.15, 0.2) is 27.2 Å². The lowest BCUT2D eigenvalue weighted by Crippen LogP contribution is -2.44. The molecule has 2 N–H and O–H groups in total. The highest BCUT2D eigenvalue weighted by atomic mass is 79.9. The number of aromatic nitrogens is 2. The third-order valence-electron chi connectivity index (χ3n) is 3.40. The molecular formula is C13H14BrCl2N3O2. The van der Waals surface area contributed by atoms with E-state index in [1.807, 2.05) is 6.07 Å². The number of hydrogen-bond donors (Lipinski definition) is 1. The van der Waals surface area contributed by atoms with Gasteiger partial charge in [0.2, 0.25) is 0 Å². The van der Waals surface area contributed by atoms with Crippen molar-refractivity contribution >= 4 is 39.9 Å². The molecule has 0 amide bonds. The molecule has 2 aromatic rings. The van der Waals surface area contributed by atoms with Crippen molar-refractivity contribution in [1.82, 2.24) is 10.1 Å². The molecule has 1 aromatic carbocycles. The lowest BCUT2D eigenvalue weighted by Gasteiger charge is -2.34. The van der Waals surface area contributed by atoms with Crippen molar-refractivity contribution in [3.8, 4) is 5.75 Å². The lowest BCUT2D eigenvalue weighted by atomic mass is 9.77. The second-order valence-corrected chi connectivity index (χ2v) is 6.21. The molecule has 1 aliphatic rings. The molecule has 1 saturated carbocycles. The Bertz CT molecular complexity index is 632. The van der Waals surface area contributed by atoms with Crippen LogP contribution in [0.2, 0.25) is 5.02 Å². The van der Waals surface area contributed by atoms with Gasteiger partial charge in [-0.15, -0.1) is 12.4 Å². The van der Waals surface area contributed by atoms with Gasteiger partial charge in [-0.1, -0.05) is 32.7 Å². The number of benzene rings is 1. The highest BCUT2D eigenvalue weighted by Crippen LogP contribution is 2.37. The van der Waals surface area contributed by atoms with Crippen LogP contribution in [0.4, 0.5) is 0 Å². The molecule has 1 fully saturated rings. The van der Waals surface area contributed by atoms with Gasteiger partial charge >= 0.3 is 0 Å². The van der Waals surface area contributed by atoms with Crippen LogP contribution in [0.25, 0.3) is 0 Å². The molecule has 0 radical (unpaired) electrons. The van der Waals surface area contributed by atoms with Crippen LogP contribution >= 0.6 is 39.9 Å². The number of ether oxygens (including phenoxy) is 1. The first-order chi connectivity index (χ1) is 9.57. The Morgan fingerprint density at radius 1 is 1.43 bits per heavy atom. The fraction of sp³-hybridized carbons (Fsp3) is 0.385. The van der Waals surface area contributed by atoms with Crippen molar-refractivity contribution in [1.29, 1.82) is 0 Å². The van der Waals surface area contributed by atoms with Gasteiger partial charge in [0.1, 0.15) is 5.75 Å². The Kier molecular flexibility index (Phi) is 5.14. The minimum atomic E-state index is -0.420. The largest absolute Gasteiger partial charge is 0.482 e. The fourth-order valence-corrected chi connectivity index (χ4v) is 2.76. The Balaban J connectivity index is 0.00000161. The van der Waals surface area contributed by atoms with Gasteiger partial charge in [-0.05, 0) is 37.5 Å². The first-order valence-corrected chi connectivity index (χ1v) is 7.44. The van der Waals surface area contributed by atoms with E-state index in [-0.39, 0.29) is 19.0 Å². The molecule has 8 heteroatoms. The molecule has 3 rings (SSSR count). The summed E-state index contributed by atoms with van der Waals surface area (Å²) in [6.07, 6.45) is 2.89. The monoisotopic (exact) mass is 393 g/mol. The smallest absolute Gasteiger partial charge is 0.264 e. The molecule has 0 unspecified atom stereocenters. The van der Waals surface area contributed by atoms with Gasteiger partial charge in [0.05, 0.1) is 10.6 Å². The summed E-state index contributed by atoms with van der Waals surface area (Å²) in [5.41, 5.74) is 5.71. The Morgan fingerprint density at radius 2 is 2.19 bits per heavy atom. The van der Waals surface area contributed by atoms with E-state index >= 15 is 0 Å². The quantitative estimate of drug-likeness (QED) is 0.852. The van der Waals surface area contributed by atoms with E-state index in [0.29, 0.717) is 22.5 Å². The maximum atomic E-state index is 6.13. The van der Waals surface area contributed by atoms with Gasteiger partial charge in [-0.3, -0.25) is 0 Å². The van der Waals surface area contributed by atoms with Crippen LogP contribution in [-0.4, -0.2) is 10.1 Å². The number of halogens is 3. The van der Waals surface area contributed by atoms with Gasteiger partial charge < -0.3 is 15.0 Å². The zero-order chi connectivity index (χ0) is 14.2. The molecule has 21 heavy (non-hydrogen) atoms. The molecule has 1 aromatic heterocycles. The lowest BCUT2D eigenvalue weighted by molar-refractivity contribution is 0.223. The third kappa shape index (κ3) is 3.51. The Labute approximate surface area is 141 Å². The molecule has 1 heterocycles. The normalized spacial score (nSPS) is 16.0. The summed E-state index contributed by atoms with van der Waals surface area (Å²) in [7, 11) is 0. The molecule has 0 saturated heterocycles. The molecule has 0 spiro atoms. The average molecular weight is 395 g/mol. The predicted octanol–water partition coefficient (Wildman–Crippen LogP) is 3.82. The minimum absolute atomic E-state index is 0. The van der Waals surface area contributed by atoms with E-state index in [1.165, 1.54) is 0 Å². The maximum absolute atomic E-state index is 6.13. The summed E-state index contributed by atoms with van der Waals surface area (Å²) in [6.45, 7) is 0.171. The van der Waals surface area contributed by atoms with Crippen molar-refractivity contribution in [2.24, 2.45) is 5.73 Å². The predicted molar refractivity (Wildman–Crippen MR) is 84.7 cm³/mol. The summed E-state index contributed by atoms with van der Waals surface area (Å²) in [4.78, 5) is 4.29. The highest BCUT2D eigenvalue weighted by molar-refractivity contribution is 9.10. The zero-order valence-corrected chi connectivity index (χ0v) is 14.2. The van der Waals surface area contributed by atoms with E-state index in [2.05, 4.69) is 26.1 Å². The number of hydrogen-bond acceptors (Lipinski definition) is 5. The maximum Gasteiger partial charge on any atom is 0.264 e. The van der Waals surface area contributed by atoms with Crippen LogP contribution in [0.3, 0.4) is 0 Å². The topological polar surface area (TPSA) is 74.2 Å². The molecular weight excluding hydrogens is 381 g/mol. The summed E-state index contributed by atoms with van der Waals surface area (Å²) in [5, 5.41) is 4.45. The Morgan fingerprint density at radius 3 is 2.81 bits per heavy atom. The molecule has 0 atom stereocenters. The van der Waals surface area contributed by atoms with Crippen LogP contribution in [-0.2, 0) is 12.1 Å².